The van der Waals surface area contributed by atoms with Crippen molar-refractivity contribution >= 4 is 6.21 Å². The van der Waals surface area contributed by atoms with E-state index < -0.39 is 0 Å². The summed E-state index contributed by atoms with van der Waals surface area (Å²) < 4.78 is 0. The van der Waals surface area contributed by atoms with Crippen molar-refractivity contribution in [3.05, 3.63) is 35.6 Å². The van der Waals surface area contributed by atoms with E-state index in [4.69, 9.17) is 11.1 Å². The molecule has 12 heavy (non-hydrogen) atoms. The fourth-order valence-electron chi connectivity index (χ4n) is 1.01. The Morgan fingerprint density at radius 3 is 2.50 bits per heavy atom. The van der Waals surface area contributed by atoms with E-state index >= 15 is 0 Å². The molecule has 0 aromatic heterocycles. The van der Waals surface area contributed by atoms with Crippen LogP contribution in [0.3, 0.4) is 0 Å². The van der Waals surface area contributed by atoms with Gasteiger partial charge >= 0.3 is 0 Å². The van der Waals surface area contributed by atoms with Gasteiger partial charge < -0.3 is 5.73 Å². The lowest BCUT2D eigenvalue weighted by Crippen LogP contribution is -2.31. The Morgan fingerprint density at radius 1 is 1.33 bits per heavy atom. The van der Waals surface area contributed by atoms with Gasteiger partial charge in [0, 0.05) is 11.1 Å². The SMILES string of the molecule is CC1(C)C=CC(N)=C(C=[NH2+])C=C1. The molecular weight excluding hydrogens is 148 g/mol. The van der Waals surface area contributed by atoms with Crippen molar-refractivity contribution in [1.29, 1.82) is 0 Å². The lowest BCUT2D eigenvalue weighted by molar-refractivity contribution is -0.104. The Morgan fingerprint density at radius 2 is 1.92 bits per heavy atom. The van der Waals surface area contributed by atoms with Crippen molar-refractivity contribution in [1.82, 2.24) is 0 Å². The molecule has 2 heteroatoms. The molecule has 0 bridgehead atoms. The molecule has 0 aromatic rings. The van der Waals surface area contributed by atoms with E-state index in [1.807, 2.05) is 12.2 Å². The predicted molar refractivity (Wildman–Crippen MR) is 51.3 cm³/mol. The summed E-state index contributed by atoms with van der Waals surface area (Å²) in [6, 6.07) is 0. The zero-order chi connectivity index (χ0) is 9.19. The van der Waals surface area contributed by atoms with E-state index in [9.17, 15) is 0 Å². The summed E-state index contributed by atoms with van der Waals surface area (Å²) in [5.41, 5.74) is 7.41. The molecule has 0 saturated carbocycles. The van der Waals surface area contributed by atoms with Crippen LogP contribution in [0.5, 0.6) is 0 Å². The summed E-state index contributed by atoms with van der Waals surface area (Å²) in [7, 11) is 0. The second-order valence-electron chi connectivity index (χ2n) is 3.57. The van der Waals surface area contributed by atoms with Crippen molar-refractivity contribution in [2.45, 2.75) is 13.8 Å². The lowest BCUT2D eigenvalue weighted by Gasteiger charge is -2.12. The van der Waals surface area contributed by atoms with Crippen LogP contribution in [-0.2, 0) is 0 Å². The van der Waals surface area contributed by atoms with Gasteiger partial charge in [-0.05, 0) is 6.08 Å². The zero-order valence-corrected chi connectivity index (χ0v) is 7.54. The standard InChI is InChI=1S/C10H14N2/c1-10(2)5-3-8(7-11)9(12)4-6-10/h3-7,11H,12H2,1-2H3/p+1. The molecule has 0 radical (unpaired) electrons. The van der Waals surface area contributed by atoms with E-state index in [-0.39, 0.29) is 5.41 Å². The average Bonchev–Trinajstić information content (AvgIpc) is 2.13. The molecule has 0 amide bonds. The maximum atomic E-state index is 5.74. The molecule has 2 nitrogen and oxygen atoms in total. The van der Waals surface area contributed by atoms with Gasteiger partial charge in [-0.2, -0.15) is 0 Å². The van der Waals surface area contributed by atoms with E-state index in [2.05, 4.69) is 26.0 Å². The van der Waals surface area contributed by atoms with Crippen LogP contribution in [0, 0.1) is 5.41 Å². The van der Waals surface area contributed by atoms with E-state index in [1.54, 1.807) is 0 Å². The van der Waals surface area contributed by atoms with Gasteiger partial charge in [0.2, 0.25) is 0 Å². The molecule has 1 aliphatic carbocycles. The summed E-state index contributed by atoms with van der Waals surface area (Å²) in [5.74, 6) is 0. The van der Waals surface area contributed by atoms with Crippen LogP contribution in [0.4, 0.5) is 0 Å². The van der Waals surface area contributed by atoms with Crippen molar-refractivity contribution in [2.75, 3.05) is 0 Å². The summed E-state index contributed by atoms with van der Waals surface area (Å²) in [5, 5.41) is 5.40. The molecule has 0 atom stereocenters. The van der Waals surface area contributed by atoms with Gasteiger partial charge in [0.15, 0.2) is 6.21 Å². The molecule has 0 fully saturated rings. The smallest absolute Gasteiger partial charge is 0.169 e. The van der Waals surface area contributed by atoms with E-state index in [1.165, 1.54) is 6.21 Å². The maximum Gasteiger partial charge on any atom is 0.169 e. The second-order valence-corrected chi connectivity index (χ2v) is 3.57. The molecule has 0 saturated heterocycles. The summed E-state index contributed by atoms with van der Waals surface area (Å²) in [6.07, 6.45) is 9.53. The molecular formula is C10H15N2+. The first-order chi connectivity index (χ1) is 5.55. The summed E-state index contributed by atoms with van der Waals surface area (Å²) in [6.45, 7) is 4.24. The second kappa shape index (κ2) is 2.97. The number of hydrogen-bond donors (Lipinski definition) is 2. The number of allylic oxidation sites excluding steroid dienone is 5. The van der Waals surface area contributed by atoms with Gasteiger partial charge in [-0.15, -0.1) is 0 Å². The zero-order valence-electron chi connectivity index (χ0n) is 7.54. The highest BCUT2D eigenvalue weighted by atomic mass is 14.6. The maximum absolute atomic E-state index is 5.74. The Bertz CT molecular complexity index is 280. The van der Waals surface area contributed by atoms with Crippen molar-refractivity contribution in [3.8, 4) is 0 Å². The van der Waals surface area contributed by atoms with Crippen molar-refractivity contribution < 1.29 is 5.41 Å². The molecule has 64 valence electrons. The first-order valence-electron chi connectivity index (χ1n) is 3.98. The quantitative estimate of drug-likeness (QED) is 0.532. The third-order valence-corrected chi connectivity index (χ3v) is 1.90. The van der Waals surface area contributed by atoms with Crippen LogP contribution >= 0.6 is 0 Å². The third kappa shape index (κ3) is 1.84. The van der Waals surface area contributed by atoms with Crippen LogP contribution in [0.25, 0.3) is 0 Å². The van der Waals surface area contributed by atoms with E-state index in [0.29, 0.717) is 0 Å². The molecule has 0 spiro atoms. The molecule has 0 aliphatic heterocycles. The Labute approximate surface area is 73.0 Å². The molecule has 1 rings (SSSR count). The fourth-order valence-corrected chi connectivity index (χ4v) is 1.01. The largest absolute Gasteiger partial charge is 0.398 e. The normalized spacial score (nSPS) is 20.8. The highest BCUT2D eigenvalue weighted by molar-refractivity contribution is 5.79. The lowest BCUT2D eigenvalue weighted by atomic mass is 9.93. The van der Waals surface area contributed by atoms with Gasteiger partial charge in [0.25, 0.3) is 0 Å². The molecule has 0 aromatic carbocycles. The van der Waals surface area contributed by atoms with Gasteiger partial charge in [0.1, 0.15) is 0 Å². The predicted octanol–water partition coefficient (Wildman–Crippen LogP) is 0.181. The van der Waals surface area contributed by atoms with Crippen LogP contribution in [0.2, 0.25) is 0 Å². The van der Waals surface area contributed by atoms with Crippen LogP contribution in [0.15, 0.2) is 35.6 Å². The first kappa shape index (κ1) is 8.78. The van der Waals surface area contributed by atoms with E-state index in [0.717, 1.165) is 11.3 Å². The summed E-state index contributed by atoms with van der Waals surface area (Å²) >= 11 is 0. The van der Waals surface area contributed by atoms with Crippen LogP contribution < -0.4 is 11.1 Å². The first-order valence-corrected chi connectivity index (χ1v) is 3.98. The Kier molecular flexibility index (Phi) is 2.18. The highest BCUT2D eigenvalue weighted by Crippen LogP contribution is 2.23. The monoisotopic (exact) mass is 163 g/mol. The van der Waals surface area contributed by atoms with Gasteiger partial charge in [-0.1, -0.05) is 32.1 Å². The minimum absolute atomic E-state index is 0.0649. The Balaban J connectivity index is 3.07. The average molecular weight is 163 g/mol. The highest BCUT2D eigenvalue weighted by Gasteiger charge is 2.12. The van der Waals surface area contributed by atoms with Crippen molar-refractivity contribution in [3.63, 3.8) is 0 Å². The van der Waals surface area contributed by atoms with Gasteiger partial charge in [-0.3, -0.25) is 5.41 Å². The van der Waals surface area contributed by atoms with Crippen molar-refractivity contribution in [2.24, 2.45) is 11.1 Å². The summed E-state index contributed by atoms with van der Waals surface area (Å²) in [4.78, 5) is 0. The number of nitrogens with two attached hydrogens (primary N) is 2. The van der Waals surface area contributed by atoms with Crippen LogP contribution in [0.1, 0.15) is 13.8 Å². The molecule has 0 unspecified atom stereocenters. The number of hydrogen-bond acceptors (Lipinski definition) is 1. The molecule has 0 heterocycles. The molecule has 1 aliphatic rings. The van der Waals surface area contributed by atoms with Gasteiger partial charge in [-0.25, -0.2) is 0 Å². The molecule has 4 N–H and O–H groups in total. The van der Waals surface area contributed by atoms with Gasteiger partial charge in [0.05, 0.1) is 5.57 Å². The van der Waals surface area contributed by atoms with Crippen LogP contribution in [-0.4, -0.2) is 6.21 Å². The minimum atomic E-state index is 0.0649. The fraction of sp³-hybridized carbons (Fsp3) is 0.300. The minimum Gasteiger partial charge on any atom is -0.398 e. The number of rotatable bonds is 1. The Hall–Kier alpha value is -1.31. The third-order valence-electron chi connectivity index (χ3n) is 1.90. The topological polar surface area (TPSA) is 51.6 Å².